The summed E-state index contributed by atoms with van der Waals surface area (Å²) in [5.74, 6) is 0. The molecule has 0 aliphatic carbocycles. The molecule has 1 rings (SSSR count). The fourth-order valence-corrected chi connectivity index (χ4v) is 1.21. The second-order valence-corrected chi connectivity index (χ2v) is 3.41. The minimum Gasteiger partial charge on any atom is -0.170 e. The number of hydrogen-bond donors (Lipinski definition) is 0. The predicted molar refractivity (Wildman–Crippen MR) is 44.7 cm³/mol. The molecule has 0 saturated carbocycles. The molecule has 0 heterocycles. The summed E-state index contributed by atoms with van der Waals surface area (Å²) in [6, 6.07) is 5.94. The normalized spacial score (nSPS) is 13.9. The molecule has 0 N–H and O–H groups in total. The van der Waals surface area contributed by atoms with Crippen LogP contribution in [0.25, 0.3) is 0 Å². The molecule has 0 bridgehead atoms. The first-order chi connectivity index (χ1) is 7.11. The Kier molecular flexibility index (Phi) is 2.96. The zero-order valence-electron chi connectivity index (χ0n) is 8.08. The Morgan fingerprint density at radius 3 is 1.56 bits per heavy atom. The SMILES string of the molecule is CC(c1cc[c]cc1)(C(F)(F)F)C(F)(F)F. The number of alkyl halides is 6. The van der Waals surface area contributed by atoms with E-state index in [1.54, 1.807) is 0 Å². The Morgan fingerprint density at radius 1 is 0.875 bits per heavy atom. The van der Waals surface area contributed by atoms with E-state index in [-0.39, 0.29) is 6.92 Å². The monoisotopic (exact) mass is 241 g/mol. The van der Waals surface area contributed by atoms with Crippen LogP contribution in [-0.2, 0) is 5.41 Å². The van der Waals surface area contributed by atoms with Gasteiger partial charge in [-0.1, -0.05) is 24.3 Å². The molecule has 0 amide bonds. The van der Waals surface area contributed by atoms with Crippen molar-refractivity contribution in [3.63, 3.8) is 0 Å². The third-order valence-electron chi connectivity index (χ3n) is 2.43. The molecule has 0 aromatic heterocycles. The summed E-state index contributed by atoms with van der Waals surface area (Å²) in [5.41, 5.74) is -4.69. The summed E-state index contributed by atoms with van der Waals surface area (Å²) in [5, 5.41) is 0. The van der Waals surface area contributed by atoms with Crippen LogP contribution in [0.4, 0.5) is 26.3 Å². The third-order valence-corrected chi connectivity index (χ3v) is 2.43. The number of rotatable bonds is 1. The maximum atomic E-state index is 12.6. The molecule has 1 aromatic carbocycles. The van der Waals surface area contributed by atoms with Gasteiger partial charge in [0.2, 0.25) is 0 Å². The van der Waals surface area contributed by atoms with Crippen molar-refractivity contribution in [2.75, 3.05) is 0 Å². The Morgan fingerprint density at radius 2 is 1.25 bits per heavy atom. The zero-order valence-corrected chi connectivity index (χ0v) is 8.08. The Hall–Kier alpha value is -1.20. The second-order valence-electron chi connectivity index (χ2n) is 3.41. The number of halogens is 6. The Bertz CT molecular complexity index is 334. The zero-order chi connectivity index (χ0) is 12.6. The van der Waals surface area contributed by atoms with Crippen LogP contribution in [0.1, 0.15) is 12.5 Å². The highest BCUT2D eigenvalue weighted by Gasteiger charge is 2.68. The first-order valence-electron chi connectivity index (χ1n) is 4.21. The first-order valence-corrected chi connectivity index (χ1v) is 4.21. The van der Waals surface area contributed by atoms with Crippen LogP contribution >= 0.6 is 0 Å². The molecule has 1 radical (unpaired) electrons. The minimum atomic E-state index is -5.40. The smallest absolute Gasteiger partial charge is 0.170 e. The Labute approximate surface area is 87.9 Å². The van der Waals surface area contributed by atoms with Gasteiger partial charge in [0.05, 0.1) is 0 Å². The molecule has 0 fully saturated rings. The lowest BCUT2D eigenvalue weighted by Crippen LogP contribution is -2.51. The van der Waals surface area contributed by atoms with Gasteiger partial charge < -0.3 is 0 Å². The van der Waals surface area contributed by atoms with Crippen LogP contribution < -0.4 is 0 Å². The van der Waals surface area contributed by atoms with E-state index in [2.05, 4.69) is 6.07 Å². The maximum absolute atomic E-state index is 12.6. The van der Waals surface area contributed by atoms with E-state index >= 15 is 0 Å². The molecule has 0 unspecified atom stereocenters. The van der Waals surface area contributed by atoms with Gasteiger partial charge in [-0.05, 0) is 18.6 Å². The Balaban J connectivity index is 3.39. The van der Waals surface area contributed by atoms with Crippen molar-refractivity contribution in [1.82, 2.24) is 0 Å². The topological polar surface area (TPSA) is 0 Å². The van der Waals surface area contributed by atoms with Crippen LogP contribution in [0.15, 0.2) is 24.3 Å². The number of hydrogen-bond acceptors (Lipinski definition) is 0. The maximum Gasteiger partial charge on any atom is 0.406 e. The summed E-state index contributed by atoms with van der Waals surface area (Å²) in [4.78, 5) is 0. The van der Waals surface area contributed by atoms with Gasteiger partial charge in [0.1, 0.15) is 0 Å². The van der Waals surface area contributed by atoms with Crippen molar-refractivity contribution >= 4 is 0 Å². The van der Waals surface area contributed by atoms with Crippen molar-refractivity contribution in [1.29, 1.82) is 0 Å². The molecular formula is C10H7F6. The van der Waals surface area contributed by atoms with E-state index in [1.165, 1.54) is 0 Å². The average Bonchev–Trinajstić information content (AvgIpc) is 2.14. The van der Waals surface area contributed by atoms with Crippen LogP contribution in [0, 0.1) is 6.07 Å². The van der Waals surface area contributed by atoms with Gasteiger partial charge in [-0.15, -0.1) is 0 Å². The molecule has 6 heteroatoms. The fraction of sp³-hybridized carbons (Fsp3) is 0.400. The summed E-state index contributed by atoms with van der Waals surface area (Å²) >= 11 is 0. The summed E-state index contributed by atoms with van der Waals surface area (Å²) in [6.07, 6.45) is -10.8. The van der Waals surface area contributed by atoms with Gasteiger partial charge in [-0.2, -0.15) is 26.3 Å². The first kappa shape index (κ1) is 12.9. The van der Waals surface area contributed by atoms with E-state index in [4.69, 9.17) is 0 Å². The minimum absolute atomic E-state index is 0.127. The molecule has 0 saturated heterocycles. The van der Waals surface area contributed by atoms with E-state index in [0.29, 0.717) is 0 Å². The van der Waals surface area contributed by atoms with Gasteiger partial charge in [0.25, 0.3) is 0 Å². The molecule has 16 heavy (non-hydrogen) atoms. The second kappa shape index (κ2) is 3.68. The van der Waals surface area contributed by atoms with Crippen molar-refractivity contribution in [2.45, 2.75) is 24.7 Å². The van der Waals surface area contributed by atoms with E-state index in [1.807, 2.05) is 0 Å². The standard InChI is InChI=1S/C10H7F6/c1-8(9(11,12)13,10(14,15)16)7-5-3-2-4-6-7/h3-6H,1H3. The summed E-state index contributed by atoms with van der Waals surface area (Å²) < 4.78 is 75.3. The third kappa shape index (κ3) is 1.88. The van der Waals surface area contributed by atoms with E-state index < -0.39 is 23.3 Å². The van der Waals surface area contributed by atoms with Crippen molar-refractivity contribution in [3.8, 4) is 0 Å². The molecule has 0 nitrogen and oxygen atoms in total. The van der Waals surface area contributed by atoms with Gasteiger partial charge in [0, 0.05) is 0 Å². The highest BCUT2D eigenvalue weighted by molar-refractivity contribution is 5.28. The quantitative estimate of drug-likeness (QED) is 0.655. The molecule has 1 aromatic rings. The fourth-order valence-electron chi connectivity index (χ4n) is 1.21. The van der Waals surface area contributed by atoms with Crippen LogP contribution in [-0.4, -0.2) is 12.4 Å². The van der Waals surface area contributed by atoms with Crippen molar-refractivity contribution in [2.24, 2.45) is 0 Å². The van der Waals surface area contributed by atoms with Crippen LogP contribution in [0.5, 0.6) is 0 Å². The summed E-state index contributed by atoms with van der Waals surface area (Å²) in [6.45, 7) is 0.127. The van der Waals surface area contributed by atoms with Gasteiger partial charge in [-0.25, -0.2) is 0 Å². The highest BCUT2D eigenvalue weighted by Crippen LogP contribution is 2.51. The lowest BCUT2D eigenvalue weighted by molar-refractivity contribution is -0.297. The highest BCUT2D eigenvalue weighted by atomic mass is 19.4. The summed E-state index contributed by atoms with van der Waals surface area (Å²) in [7, 11) is 0. The predicted octanol–water partition coefficient (Wildman–Crippen LogP) is 3.87. The van der Waals surface area contributed by atoms with Crippen molar-refractivity contribution < 1.29 is 26.3 Å². The lowest BCUT2D eigenvalue weighted by Gasteiger charge is -2.34. The largest absolute Gasteiger partial charge is 0.406 e. The lowest BCUT2D eigenvalue weighted by atomic mass is 9.81. The molecule has 0 aliphatic heterocycles. The van der Waals surface area contributed by atoms with Crippen molar-refractivity contribution in [3.05, 3.63) is 35.9 Å². The van der Waals surface area contributed by atoms with E-state index in [9.17, 15) is 26.3 Å². The van der Waals surface area contributed by atoms with Gasteiger partial charge >= 0.3 is 12.4 Å². The molecule has 89 valence electrons. The van der Waals surface area contributed by atoms with Gasteiger partial charge in [0.15, 0.2) is 5.41 Å². The number of benzene rings is 1. The van der Waals surface area contributed by atoms with E-state index in [0.717, 1.165) is 24.3 Å². The molecule has 0 spiro atoms. The van der Waals surface area contributed by atoms with Crippen LogP contribution in [0.2, 0.25) is 0 Å². The van der Waals surface area contributed by atoms with Gasteiger partial charge in [-0.3, -0.25) is 0 Å². The molecule has 0 aliphatic rings. The molecule has 0 atom stereocenters. The molecular weight excluding hydrogens is 234 g/mol. The van der Waals surface area contributed by atoms with Crippen LogP contribution in [0.3, 0.4) is 0 Å². The average molecular weight is 241 g/mol.